The summed E-state index contributed by atoms with van der Waals surface area (Å²) < 4.78 is 5.50. The molecule has 0 fully saturated rings. The molecule has 2 aromatic carbocycles. The molecule has 1 aromatic heterocycles. The molecule has 0 aliphatic heterocycles. The normalized spacial score (nSPS) is 11.9. The molecule has 1 N–H and O–H groups in total. The van der Waals surface area contributed by atoms with Crippen molar-refractivity contribution in [3.8, 4) is 0 Å². The summed E-state index contributed by atoms with van der Waals surface area (Å²) in [5, 5.41) is 3.05. The van der Waals surface area contributed by atoms with Crippen LogP contribution < -0.4 is 5.32 Å². The summed E-state index contributed by atoms with van der Waals surface area (Å²) in [7, 11) is 0. The molecule has 0 aliphatic rings. The van der Waals surface area contributed by atoms with Crippen molar-refractivity contribution in [1.82, 2.24) is 5.32 Å². The van der Waals surface area contributed by atoms with E-state index < -0.39 is 0 Å². The molecule has 0 unspecified atom stereocenters. The zero-order valence-corrected chi connectivity index (χ0v) is 12.3. The Morgan fingerprint density at radius 1 is 1.00 bits per heavy atom. The van der Waals surface area contributed by atoms with Gasteiger partial charge in [0.05, 0.1) is 6.26 Å². The zero-order valence-electron chi connectivity index (χ0n) is 12.3. The highest BCUT2D eigenvalue weighted by Crippen LogP contribution is 2.23. The van der Waals surface area contributed by atoms with Gasteiger partial charge in [0, 0.05) is 5.56 Å². The fourth-order valence-electron chi connectivity index (χ4n) is 2.42. The van der Waals surface area contributed by atoms with Crippen LogP contribution in [0.5, 0.6) is 0 Å². The lowest BCUT2D eigenvalue weighted by Crippen LogP contribution is -2.29. The van der Waals surface area contributed by atoms with E-state index >= 15 is 0 Å². The molecule has 3 heteroatoms. The third kappa shape index (κ3) is 3.09. The van der Waals surface area contributed by atoms with Crippen molar-refractivity contribution in [3.05, 3.63) is 95.4 Å². The van der Waals surface area contributed by atoms with E-state index in [2.05, 4.69) is 5.32 Å². The van der Waals surface area contributed by atoms with E-state index in [1.54, 1.807) is 6.26 Å². The van der Waals surface area contributed by atoms with Crippen molar-refractivity contribution in [3.63, 3.8) is 0 Å². The van der Waals surface area contributed by atoms with E-state index in [-0.39, 0.29) is 11.9 Å². The minimum Gasteiger partial charge on any atom is -0.467 e. The number of carbonyl (C=O) groups is 1. The van der Waals surface area contributed by atoms with Crippen molar-refractivity contribution in [2.24, 2.45) is 0 Å². The highest BCUT2D eigenvalue weighted by molar-refractivity contribution is 5.94. The molecule has 0 radical (unpaired) electrons. The van der Waals surface area contributed by atoms with Gasteiger partial charge in [0.25, 0.3) is 5.91 Å². The first kappa shape index (κ1) is 14.1. The fraction of sp³-hybridized carbons (Fsp3) is 0.105. The lowest BCUT2D eigenvalue weighted by molar-refractivity contribution is 0.0939. The molecule has 1 amide bonds. The van der Waals surface area contributed by atoms with Gasteiger partial charge < -0.3 is 9.73 Å². The summed E-state index contributed by atoms with van der Waals surface area (Å²) in [6.45, 7) is 1.97. The summed E-state index contributed by atoms with van der Waals surface area (Å²) in [4.78, 5) is 12.5. The molecule has 0 aliphatic carbocycles. The predicted molar refractivity (Wildman–Crippen MR) is 85.6 cm³/mol. The summed E-state index contributed by atoms with van der Waals surface area (Å²) in [5.41, 5.74) is 2.69. The highest BCUT2D eigenvalue weighted by Gasteiger charge is 2.19. The monoisotopic (exact) mass is 291 g/mol. The number of hydrogen-bond donors (Lipinski definition) is 1. The van der Waals surface area contributed by atoms with Crippen molar-refractivity contribution in [2.45, 2.75) is 13.0 Å². The largest absolute Gasteiger partial charge is 0.467 e. The minimum atomic E-state index is -0.302. The third-order valence-corrected chi connectivity index (χ3v) is 3.52. The first-order chi connectivity index (χ1) is 10.7. The number of hydrogen-bond acceptors (Lipinski definition) is 2. The first-order valence-corrected chi connectivity index (χ1v) is 7.20. The lowest BCUT2D eigenvalue weighted by atomic mass is 10.0. The van der Waals surface area contributed by atoms with Crippen molar-refractivity contribution in [2.75, 3.05) is 0 Å². The standard InChI is InChI=1S/C19H17NO2/c1-14-7-5-10-16(13-14)19(21)20-18(17-11-6-12-22-17)15-8-3-2-4-9-15/h2-13,18H,1H3,(H,20,21)/t18-/m0/s1. The molecule has 110 valence electrons. The Morgan fingerprint density at radius 2 is 1.82 bits per heavy atom. The number of benzene rings is 2. The van der Waals surface area contributed by atoms with E-state index in [1.165, 1.54) is 0 Å². The second-order valence-corrected chi connectivity index (χ2v) is 5.20. The van der Waals surface area contributed by atoms with Crippen LogP contribution in [0, 0.1) is 6.92 Å². The molecule has 22 heavy (non-hydrogen) atoms. The molecule has 3 aromatic rings. The van der Waals surface area contributed by atoms with E-state index in [1.807, 2.05) is 73.7 Å². The summed E-state index contributed by atoms with van der Waals surface area (Å²) >= 11 is 0. The maximum Gasteiger partial charge on any atom is 0.252 e. The van der Waals surface area contributed by atoms with Crippen LogP contribution >= 0.6 is 0 Å². The zero-order chi connectivity index (χ0) is 15.4. The van der Waals surface area contributed by atoms with Crippen LogP contribution in [0.4, 0.5) is 0 Å². The number of rotatable bonds is 4. The van der Waals surface area contributed by atoms with Crippen LogP contribution in [0.3, 0.4) is 0 Å². The SMILES string of the molecule is Cc1cccc(C(=O)N[C@@H](c2ccccc2)c2ccco2)c1. The molecule has 0 saturated carbocycles. The predicted octanol–water partition coefficient (Wildman–Crippen LogP) is 4.11. The second-order valence-electron chi connectivity index (χ2n) is 5.20. The quantitative estimate of drug-likeness (QED) is 0.786. The number of nitrogens with one attached hydrogen (secondary N) is 1. The molecule has 3 rings (SSSR count). The van der Waals surface area contributed by atoms with Gasteiger partial charge in [0.2, 0.25) is 0 Å². The van der Waals surface area contributed by atoms with Gasteiger partial charge in [0.1, 0.15) is 11.8 Å². The molecule has 1 atom stereocenters. The van der Waals surface area contributed by atoms with Gasteiger partial charge in [-0.15, -0.1) is 0 Å². The van der Waals surface area contributed by atoms with Crippen molar-refractivity contribution in [1.29, 1.82) is 0 Å². The van der Waals surface area contributed by atoms with Crippen LogP contribution in [-0.4, -0.2) is 5.91 Å². The van der Waals surface area contributed by atoms with Crippen LogP contribution in [0.2, 0.25) is 0 Å². The molecule has 0 bridgehead atoms. The third-order valence-electron chi connectivity index (χ3n) is 3.52. The maximum absolute atomic E-state index is 12.5. The average Bonchev–Trinajstić information content (AvgIpc) is 3.07. The van der Waals surface area contributed by atoms with Crippen LogP contribution in [0.1, 0.15) is 33.3 Å². The minimum absolute atomic E-state index is 0.117. The molecular formula is C19H17NO2. The molecule has 3 nitrogen and oxygen atoms in total. The number of furan rings is 1. The molecule has 0 saturated heterocycles. The van der Waals surface area contributed by atoms with Gasteiger partial charge in [-0.25, -0.2) is 0 Å². The number of amides is 1. The molecule has 1 heterocycles. The Labute approximate surface area is 129 Å². The Balaban J connectivity index is 1.89. The van der Waals surface area contributed by atoms with Gasteiger partial charge in [-0.2, -0.15) is 0 Å². The van der Waals surface area contributed by atoms with Gasteiger partial charge in [-0.1, -0.05) is 48.0 Å². The summed E-state index contributed by atoms with van der Waals surface area (Å²) in [5.74, 6) is 0.598. The summed E-state index contributed by atoms with van der Waals surface area (Å²) in [6.07, 6.45) is 1.62. The number of aryl methyl sites for hydroxylation is 1. The fourth-order valence-corrected chi connectivity index (χ4v) is 2.42. The molecular weight excluding hydrogens is 274 g/mol. The van der Waals surface area contributed by atoms with E-state index in [0.29, 0.717) is 11.3 Å². The van der Waals surface area contributed by atoms with E-state index in [9.17, 15) is 4.79 Å². The van der Waals surface area contributed by atoms with Gasteiger partial charge in [-0.3, -0.25) is 4.79 Å². The van der Waals surface area contributed by atoms with Crippen molar-refractivity contribution >= 4 is 5.91 Å². The molecule has 0 spiro atoms. The highest BCUT2D eigenvalue weighted by atomic mass is 16.3. The Bertz CT molecular complexity index is 748. The topological polar surface area (TPSA) is 42.2 Å². The van der Waals surface area contributed by atoms with Crippen LogP contribution in [-0.2, 0) is 0 Å². The maximum atomic E-state index is 12.5. The Hall–Kier alpha value is -2.81. The van der Waals surface area contributed by atoms with Crippen LogP contribution in [0.25, 0.3) is 0 Å². The van der Waals surface area contributed by atoms with E-state index in [0.717, 1.165) is 11.1 Å². The van der Waals surface area contributed by atoms with Gasteiger partial charge >= 0.3 is 0 Å². The second kappa shape index (κ2) is 6.31. The summed E-state index contributed by atoms with van der Waals surface area (Å²) in [6, 6.07) is 20.7. The average molecular weight is 291 g/mol. The van der Waals surface area contributed by atoms with Crippen molar-refractivity contribution < 1.29 is 9.21 Å². The van der Waals surface area contributed by atoms with Crippen LogP contribution in [0.15, 0.2) is 77.4 Å². The van der Waals surface area contributed by atoms with Gasteiger partial charge in [0.15, 0.2) is 0 Å². The smallest absolute Gasteiger partial charge is 0.252 e. The lowest BCUT2D eigenvalue weighted by Gasteiger charge is -2.17. The Kier molecular flexibility index (Phi) is 4.05. The Morgan fingerprint density at radius 3 is 2.50 bits per heavy atom. The number of carbonyl (C=O) groups excluding carboxylic acids is 1. The van der Waals surface area contributed by atoms with E-state index in [4.69, 9.17) is 4.42 Å². The van der Waals surface area contributed by atoms with Gasteiger partial charge in [-0.05, 0) is 36.8 Å². The first-order valence-electron chi connectivity index (χ1n) is 7.20.